The number of thiophene rings is 1. The van der Waals surface area contributed by atoms with Gasteiger partial charge in [-0.25, -0.2) is 4.79 Å². The molecule has 0 saturated carbocycles. The predicted molar refractivity (Wildman–Crippen MR) is 142 cm³/mol. The number of aliphatic hydroxyl groups excluding tert-OH is 1. The van der Waals surface area contributed by atoms with E-state index < -0.39 is 17.8 Å². The number of thiazole rings is 1. The summed E-state index contributed by atoms with van der Waals surface area (Å²) in [6.45, 7) is 1.83. The van der Waals surface area contributed by atoms with Gasteiger partial charge in [-0.15, -0.1) is 22.7 Å². The molecule has 0 saturated heterocycles. The Kier molecular flexibility index (Phi) is 7.52. The smallest absolute Gasteiger partial charge is 0.341 e. The molecule has 0 spiro atoms. The molecule has 4 aromatic rings. The lowest BCUT2D eigenvalue weighted by molar-refractivity contribution is -0.111. The number of carbonyl (C=O) groups excluding carboxylic acids is 2. The third kappa shape index (κ3) is 5.02. The molecule has 0 fully saturated rings. The molecule has 0 unspecified atom stereocenters. The van der Waals surface area contributed by atoms with E-state index in [4.69, 9.17) is 15.9 Å². The fraction of sp³-hybridized carbons (Fsp3) is 0.0769. The van der Waals surface area contributed by atoms with Crippen LogP contribution in [0.2, 0.25) is 0 Å². The van der Waals surface area contributed by atoms with Crippen LogP contribution in [-0.2, 0) is 9.53 Å². The van der Waals surface area contributed by atoms with Crippen molar-refractivity contribution in [3.8, 4) is 22.9 Å². The molecule has 0 bridgehead atoms. The van der Waals surface area contributed by atoms with E-state index in [1.807, 2.05) is 36.4 Å². The Balaban J connectivity index is 1.88. The third-order valence-electron chi connectivity index (χ3n) is 5.22. The van der Waals surface area contributed by atoms with Crippen molar-refractivity contribution in [3.05, 3.63) is 86.3 Å². The molecule has 11 heteroatoms. The number of aliphatic hydroxyl groups is 1. The van der Waals surface area contributed by atoms with Gasteiger partial charge < -0.3 is 20.9 Å². The van der Waals surface area contributed by atoms with E-state index >= 15 is 0 Å². The number of para-hydroxylation sites is 1. The Labute approximate surface area is 219 Å². The number of nitrogens with zero attached hydrogens (tertiary/aromatic N) is 2. The lowest BCUT2D eigenvalue weighted by Crippen LogP contribution is -2.34. The third-order valence-corrected chi connectivity index (χ3v) is 7.30. The summed E-state index contributed by atoms with van der Waals surface area (Å²) in [5, 5.41) is 33.0. The van der Waals surface area contributed by atoms with E-state index in [0.717, 1.165) is 28.2 Å². The average molecular weight is 532 g/mol. The van der Waals surface area contributed by atoms with Gasteiger partial charge in [0, 0.05) is 16.6 Å². The highest BCUT2D eigenvalue weighted by atomic mass is 32.1. The van der Waals surface area contributed by atoms with Crippen molar-refractivity contribution in [1.29, 1.82) is 10.7 Å². The van der Waals surface area contributed by atoms with Crippen molar-refractivity contribution in [2.24, 2.45) is 5.73 Å². The first kappa shape index (κ1) is 25.4. The van der Waals surface area contributed by atoms with Crippen LogP contribution < -0.4 is 25.7 Å². The van der Waals surface area contributed by atoms with Crippen LogP contribution in [0.3, 0.4) is 0 Å². The summed E-state index contributed by atoms with van der Waals surface area (Å²) < 4.78 is 6.70. The van der Waals surface area contributed by atoms with Crippen molar-refractivity contribution < 1.29 is 19.4 Å². The second-order valence-corrected chi connectivity index (χ2v) is 9.40. The summed E-state index contributed by atoms with van der Waals surface area (Å²) in [5.41, 5.74) is 7.10. The Morgan fingerprint density at radius 3 is 2.41 bits per heavy atom. The monoisotopic (exact) mass is 531 g/mol. The number of esters is 1. The number of nitrogens with one attached hydrogen (secondary N) is 2. The predicted octanol–water partition coefficient (Wildman–Crippen LogP) is 2.82. The maximum Gasteiger partial charge on any atom is 0.341 e. The fourth-order valence-electron chi connectivity index (χ4n) is 3.60. The van der Waals surface area contributed by atoms with Gasteiger partial charge in [0.05, 0.1) is 6.61 Å². The molecule has 2 aromatic heterocycles. The Morgan fingerprint density at radius 1 is 1.16 bits per heavy atom. The van der Waals surface area contributed by atoms with Gasteiger partial charge in [-0.2, -0.15) is 5.26 Å². The number of nitriles is 1. The van der Waals surface area contributed by atoms with E-state index in [1.54, 1.807) is 42.6 Å². The van der Waals surface area contributed by atoms with Crippen LogP contribution in [0.25, 0.3) is 28.3 Å². The highest BCUT2D eigenvalue weighted by Gasteiger charge is 2.25. The zero-order valence-corrected chi connectivity index (χ0v) is 21.2. The summed E-state index contributed by atoms with van der Waals surface area (Å²) in [4.78, 5) is 26.3. The summed E-state index contributed by atoms with van der Waals surface area (Å²) in [5.74, 6) is -1.99. The number of ether oxygens (including phenoxy) is 1. The van der Waals surface area contributed by atoms with Gasteiger partial charge in [0.2, 0.25) is 5.88 Å². The van der Waals surface area contributed by atoms with Crippen molar-refractivity contribution in [3.63, 3.8) is 0 Å². The highest BCUT2D eigenvalue weighted by molar-refractivity contribution is 7.15. The van der Waals surface area contributed by atoms with E-state index in [2.05, 4.69) is 5.32 Å². The molecule has 4 rings (SSSR count). The molecular formula is C26H21N5O4S2. The van der Waals surface area contributed by atoms with Crippen molar-refractivity contribution in [2.45, 2.75) is 6.92 Å². The molecule has 0 aliphatic heterocycles. The molecule has 0 atom stereocenters. The number of hydrogen-bond donors (Lipinski definition) is 4. The maximum atomic E-state index is 13.4. The van der Waals surface area contributed by atoms with Crippen LogP contribution in [0.5, 0.6) is 0 Å². The number of benzene rings is 2. The minimum atomic E-state index is -0.788. The summed E-state index contributed by atoms with van der Waals surface area (Å²) >= 11 is 1.97. The molecule has 186 valence electrons. The molecule has 0 aliphatic rings. The van der Waals surface area contributed by atoms with E-state index in [9.17, 15) is 20.0 Å². The number of amides is 1. The first-order valence-electron chi connectivity index (χ1n) is 11.0. The van der Waals surface area contributed by atoms with Crippen molar-refractivity contribution in [2.75, 3.05) is 11.9 Å². The Hall–Kier alpha value is -4.66. The minimum absolute atomic E-state index is 0.00843. The standard InChI is InChI=1S/C26H21N5O4S2/c1-2-35-26(34)19-18(15-9-5-3-6-10-15)14-36-24(19)30-23(33)17(13-27)25-31(16-11-7-4-8-12-16)21(28)20(37-25)22(29)32/h3-12,14,28,32H,2,29H2,1H3,(H,30,33)/b22-20?,25-17+,28-21?. The van der Waals surface area contributed by atoms with Crippen LogP contribution >= 0.6 is 22.7 Å². The zero-order chi connectivity index (χ0) is 26.5. The number of nitrogens with two attached hydrogens (primary N) is 1. The highest BCUT2D eigenvalue weighted by Crippen LogP contribution is 2.36. The number of aromatic nitrogens is 1. The topological polar surface area (TPSA) is 154 Å². The number of hydrogen-bond acceptors (Lipinski definition) is 9. The molecule has 2 heterocycles. The van der Waals surface area contributed by atoms with Crippen molar-refractivity contribution in [1.82, 2.24) is 4.57 Å². The van der Waals surface area contributed by atoms with Gasteiger partial charge >= 0.3 is 5.97 Å². The fourth-order valence-corrected chi connectivity index (χ4v) is 5.57. The largest absolute Gasteiger partial charge is 0.494 e. The minimum Gasteiger partial charge on any atom is -0.494 e. The van der Waals surface area contributed by atoms with E-state index in [-0.39, 0.29) is 37.4 Å². The number of carbonyl (C=O) groups is 2. The second kappa shape index (κ2) is 10.9. The lowest BCUT2D eigenvalue weighted by Gasteiger charge is -2.09. The number of anilines is 1. The molecule has 5 N–H and O–H groups in total. The van der Waals surface area contributed by atoms with Crippen LogP contribution in [0.1, 0.15) is 17.3 Å². The summed E-state index contributed by atoms with van der Waals surface area (Å²) in [6.07, 6.45) is 0. The van der Waals surface area contributed by atoms with Gasteiger partial charge in [-0.3, -0.25) is 14.8 Å². The lowest BCUT2D eigenvalue weighted by atomic mass is 10.0. The second-order valence-electron chi connectivity index (χ2n) is 7.52. The van der Waals surface area contributed by atoms with Gasteiger partial charge in [0.25, 0.3) is 5.91 Å². The van der Waals surface area contributed by atoms with Crippen LogP contribution in [0.15, 0.2) is 66.0 Å². The van der Waals surface area contributed by atoms with Gasteiger partial charge in [0.15, 0.2) is 11.1 Å². The van der Waals surface area contributed by atoms with Crippen LogP contribution in [0, 0.1) is 16.7 Å². The molecular weight excluding hydrogens is 510 g/mol. The number of rotatable bonds is 6. The molecule has 2 aromatic carbocycles. The molecule has 0 aliphatic carbocycles. The SMILES string of the molecule is CCOC(=O)c1c(-c2ccccc2)csc1NC(=O)/C(C#N)=c1/sc(=C(N)O)c(=N)n1-c1ccccc1. The van der Waals surface area contributed by atoms with Crippen LogP contribution in [0.4, 0.5) is 5.00 Å². The Morgan fingerprint density at radius 2 is 1.81 bits per heavy atom. The Bertz CT molecular complexity index is 1690. The summed E-state index contributed by atoms with van der Waals surface area (Å²) in [6, 6.07) is 19.8. The van der Waals surface area contributed by atoms with Crippen LogP contribution in [-0.4, -0.2) is 28.2 Å². The average Bonchev–Trinajstić information content (AvgIpc) is 3.47. The zero-order valence-electron chi connectivity index (χ0n) is 19.5. The normalized spacial score (nSPS) is 12.3. The quantitative estimate of drug-likeness (QED) is 0.281. The maximum absolute atomic E-state index is 13.4. The first-order chi connectivity index (χ1) is 17.9. The molecule has 9 nitrogen and oxygen atoms in total. The van der Waals surface area contributed by atoms with Gasteiger partial charge in [-0.1, -0.05) is 48.5 Å². The van der Waals surface area contributed by atoms with Crippen molar-refractivity contribution >= 4 is 51.0 Å². The molecule has 37 heavy (non-hydrogen) atoms. The molecule has 0 radical (unpaired) electrons. The van der Waals surface area contributed by atoms with E-state index in [1.165, 1.54) is 4.57 Å². The van der Waals surface area contributed by atoms with Gasteiger partial charge in [-0.05, 0) is 24.6 Å². The summed E-state index contributed by atoms with van der Waals surface area (Å²) in [7, 11) is 0. The van der Waals surface area contributed by atoms with Gasteiger partial charge in [0.1, 0.15) is 25.8 Å². The first-order valence-corrected chi connectivity index (χ1v) is 12.7. The molecule has 1 amide bonds. The van der Waals surface area contributed by atoms with E-state index in [0.29, 0.717) is 11.3 Å².